The van der Waals surface area contributed by atoms with Crippen molar-refractivity contribution in [2.24, 2.45) is 4.99 Å². The molecule has 0 radical (unpaired) electrons. The Balaban J connectivity index is 1.81. The van der Waals surface area contributed by atoms with Gasteiger partial charge in [-0.2, -0.15) is 11.8 Å². The highest BCUT2D eigenvalue weighted by atomic mass is 32.2. The molecule has 7 heteroatoms. The first-order valence-electron chi connectivity index (χ1n) is 8.60. The standard InChI is InChI=1S/C16H30N4O2S/c1-20(2)15(21)12-19-16(18-11-14-7-5-9-23-14)17-10-13-6-3-4-8-22-13/h13-14H,3-12H2,1-2H3,(H2,17,18,19). The second-order valence-corrected chi connectivity index (χ2v) is 7.75. The van der Waals surface area contributed by atoms with Gasteiger partial charge >= 0.3 is 0 Å². The van der Waals surface area contributed by atoms with Crippen molar-refractivity contribution in [2.75, 3.05) is 46.1 Å². The molecule has 2 heterocycles. The van der Waals surface area contributed by atoms with E-state index in [1.807, 2.05) is 11.8 Å². The summed E-state index contributed by atoms with van der Waals surface area (Å²) in [6.45, 7) is 2.67. The van der Waals surface area contributed by atoms with E-state index < -0.39 is 0 Å². The average molecular weight is 343 g/mol. The molecule has 0 bridgehead atoms. The quantitative estimate of drug-likeness (QED) is 0.558. The topological polar surface area (TPSA) is 66.0 Å². The van der Waals surface area contributed by atoms with E-state index >= 15 is 0 Å². The summed E-state index contributed by atoms with van der Waals surface area (Å²) in [6.07, 6.45) is 6.28. The van der Waals surface area contributed by atoms with E-state index in [1.54, 1.807) is 19.0 Å². The molecule has 2 N–H and O–H groups in total. The third kappa shape index (κ3) is 6.99. The summed E-state index contributed by atoms with van der Waals surface area (Å²) in [6, 6.07) is 0. The van der Waals surface area contributed by atoms with E-state index in [2.05, 4.69) is 15.6 Å². The lowest BCUT2D eigenvalue weighted by Gasteiger charge is -2.24. The molecule has 0 aromatic rings. The first-order chi connectivity index (χ1) is 11.1. The van der Waals surface area contributed by atoms with Crippen LogP contribution in [0.3, 0.4) is 0 Å². The lowest BCUT2D eigenvalue weighted by Crippen LogP contribution is -2.44. The van der Waals surface area contributed by atoms with E-state index in [0.29, 0.717) is 5.25 Å². The molecule has 132 valence electrons. The Kier molecular flexibility index (Phi) is 8.02. The van der Waals surface area contributed by atoms with Gasteiger partial charge in [0.05, 0.1) is 6.10 Å². The van der Waals surface area contributed by atoms with Gasteiger partial charge in [-0.25, -0.2) is 4.99 Å². The molecular formula is C16H30N4O2S. The van der Waals surface area contributed by atoms with Crippen LogP contribution in [0, 0.1) is 0 Å². The van der Waals surface area contributed by atoms with Crippen molar-refractivity contribution in [1.82, 2.24) is 15.5 Å². The second kappa shape index (κ2) is 10.0. The number of hydrogen-bond donors (Lipinski definition) is 2. The van der Waals surface area contributed by atoms with Gasteiger partial charge in [-0.1, -0.05) is 0 Å². The summed E-state index contributed by atoms with van der Waals surface area (Å²) in [5.74, 6) is 1.98. The third-order valence-corrected chi connectivity index (χ3v) is 5.56. The van der Waals surface area contributed by atoms with Crippen LogP contribution in [0.4, 0.5) is 0 Å². The van der Waals surface area contributed by atoms with Crippen molar-refractivity contribution in [3.63, 3.8) is 0 Å². The number of carbonyl (C=O) groups is 1. The number of thioether (sulfide) groups is 1. The van der Waals surface area contributed by atoms with Crippen molar-refractivity contribution in [3.8, 4) is 0 Å². The molecule has 2 aliphatic rings. The molecule has 0 saturated carbocycles. The van der Waals surface area contributed by atoms with E-state index in [0.717, 1.165) is 38.5 Å². The minimum absolute atomic E-state index is 0.00950. The summed E-state index contributed by atoms with van der Waals surface area (Å²) >= 11 is 2.01. The van der Waals surface area contributed by atoms with Crippen molar-refractivity contribution in [2.45, 2.75) is 43.5 Å². The zero-order chi connectivity index (χ0) is 16.5. The first-order valence-corrected chi connectivity index (χ1v) is 9.65. The molecule has 0 aromatic heterocycles. The summed E-state index contributed by atoms with van der Waals surface area (Å²) in [5, 5.41) is 7.38. The average Bonchev–Trinajstić information content (AvgIpc) is 3.08. The van der Waals surface area contributed by atoms with Crippen LogP contribution in [-0.2, 0) is 9.53 Å². The fourth-order valence-corrected chi connectivity index (χ4v) is 3.86. The number of aliphatic imine (C=N–C) groups is 1. The van der Waals surface area contributed by atoms with Crippen molar-refractivity contribution in [3.05, 3.63) is 0 Å². The summed E-state index contributed by atoms with van der Waals surface area (Å²) in [5.41, 5.74) is 0. The van der Waals surface area contributed by atoms with Gasteiger partial charge in [0.1, 0.15) is 6.54 Å². The number of nitrogens with zero attached hydrogens (tertiary/aromatic N) is 2. The maximum atomic E-state index is 11.7. The molecule has 0 aliphatic carbocycles. The Hall–Kier alpha value is -0.950. The predicted molar refractivity (Wildman–Crippen MR) is 96.1 cm³/mol. The highest BCUT2D eigenvalue weighted by molar-refractivity contribution is 8.00. The number of ether oxygens (including phenoxy) is 1. The van der Waals surface area contributed by atoms with Crippen molar-refractivity contribution >= 4 is 23.6 Å². The molecule has 2 rings (SSSR count). The molecule has 2 atom stereocenters. The normalized spacial score (nSPS) is 25.2. The second-order valence-electron chi connectivity index (χ2n) is 6.34. The van der Waals surface area contributed by atoms with E-state index in [-0.39, 0.29) is 18.6 Å². The summed E-state index contributed by atoms with van der Waals surface area (Å²) in [4.78, 5) is 17.7. The number of likely N-dealkylation sites (N-methyl/N-ethyl adjacent to an activating group) is 1. The van der Waals surface area contributed by atoms with Crippen LogP contribution < -0.4 is 10.6 Å². The largest absolute Gasteiger partial charge is 0.376 e. The zero-order valence-corrected chi connectivity index (χ0v) is 15.2. The Morgan fingerprint density at radius 1 is 1.22 bits per heavy atom. The molecule has 0 aromatic carbocycles. The molecule has 2 unspecified atom stereocenters. The monoisotopic (exact) mass is 342 g/mol. The fourth-order valence-electron chi connectivity index (χ4n) is 2.66. The molecule has 23 heavy (non-hydrogen) atoms. The van der Waals surface area contributed by atoms with Crippen LogP contribution in [-0.4, -0.2) is 74.2 Å². The molecule has 2 saturated heterocycles. The summed E-state index contributed by atoms with van der Waals surface area (Å²) < 4.78 is 5.75. The van der Waals surface area contributed by atoms with Crippen LogP contribution in [0.2, 0.25) is 0 Å². The van der Waals surface area contributed by atoms with Gasteiger partial charge in [0.25, 0.3) is 0 Å². The zero-order valence-electron chi connectivity index (χ0n) is 14.3. The number of carbonyl (C=O) groups excluding carboxylic acids is 1. The number of guanidine groups is 1. The molecule has 6 nitrogen and oxygen atoms in total. The van der Waals surface area contributed by atoms with Gasteiger partial charge in [0, 0.05) is 39.0 Å². The van der Waals surface area contributed by atoms with Crippen LogP contribution >= 0.6 is 11.8 Å². The third-order valence-electron chi connectivity index (χ3n) is 4.16. The Bertz CT molecular complexity index is 392. The molecule has 2 aliphatic heterocycles. The van der Waals surface area contributed by atoms with Gasteiger partial charge < -0.3 is 20.3 Å². The van der Waals surface area contributed by atoms with E-state index in [1.165, 1.54) is 25.0 Å². The Labute approximate surface area is 143 Å². The minimum Gasteiger partial charge on any atom is -0.376 e. The van der Waals surface area contributed by atoms with Crippen molar-refractivity contribution in [1.29, 1.82) is 0 Å². The van der Waals surface area contributed by atoms with Gasteiger partial charge in [0.15, 0.2) is 5.96 Å². The van der Waals surface area contributed by atoms with E-state index in [9.17, 15) is 4.79 Å². The molecule has 1 amide bonds. The van der Waals surface area contributed by atoms with Crippen LogP contribution in [0.15, 0.2) is 4.99 Å². The van der Waals surface area contributed by atoms with Crippen LogP contribution in [0.5, 0.6) is 0 Å². The van der Waals surface area contributed by atoms with Crippen LogP contribution in [0.1, 0.15) is 32.1 Å². The minimum atomic E-state index is 0.00950. The number of amides is 1. The van der Waals surface area contributed by atoms with Crippen molar-refractivity contribution < 1.29 is 9.53 Å². The fraction of sp³-hybridized carbons (Fsp3) is 0.875. The Morgan fingerprint density at radius 3 is 2.70 bits per heavy atom. The highest BCUT2D eigenvalue weighted by Crippen LogP contribution is 2.25. The SMILES string of the molecule is CN(C)C(=O)CN=C(NCC1CCCCO1)NCC1CCCS1. The van der Waals surface area contributed by atoms with Gasteiger partial charge in [-0.3, -0.25) is 4.79 Å². The van der Waals surface area contributed by atoms with Gasteiger partial charge in [0.2, 0.25) is 5.91 Å². The maximum absolute atomic E-state index is 11.7. The first kappa shape index (κ1) is 18.4. The molecule has 2 fully saturated rings. The Morgan fingerprint density at radius 2 is 2.04 bits per heavy atom. The smallest absolute Gasteiger partial charge is 0.243 e. The lowest BCUT2D eigenvalue weighted by atomic mass is 10.1. The van der Waals surface area contributed by atoms with Gasteiger partial charge in [-0.15, -0.1) is 0 Å². The number of nitrogens with one attached hydrogen (secondary N) is 2. The van der Waals surface area contributed by atoms with Gasteiger partial charge in [-0.05, 0) is 37.9 Å². The number of hydrogen-bond acceptors (Lipinski definition) is 4. The van der Waals surface area contributed by atoms with E-state index in [4.69, 9.17) is 4.74 Å². The molecule has 0 spiro atoms. The summed E-state index contributed by atoms with van der Waals surface area (Å²) in [7, 11) is 3.51. The predicted octanol–water partition coefficient (Wildman–Crippen LogP) is 1.07. The molecular weight excluding hydrogens is 312 g/mol. The van der Waals surface area contributed by atoms with Crippen LogP contribution in [0.25, 0.3) is 0 Å². The highest BCUT2D eigenvalue weighted by Gasteiger charge is 2.17. The lowest BCUT2D eigenvalue weighted by molar-refractivity contribution is -0.127. The number of rotatable bonds is 6. The maximum Gasteiger partial charge on any atom is 0.243 e.